The molecular weight excluding hydrogens is 288 g/mol. The van der Waals surface area contributed by atoms with Gasteiger partial charge in [-0.25, -0.2) is 4.98 Å². The highest BCUT2D eigenvalue weighted by Gasteiger charge is 2.07. The molecule has 108 valence electrons. The number of carbonyl (C=O) groups is 1. The molecule has 21 heavy (non-hydrogen) atoms. The normalized spacial score (nSPS) is 11.4. The van der Waals surface area contributed by atoms with Crippen LogP contribution in [0.4, 0.5) is 0 Å². The second-order valence-electron chi connectivity index (χ2n) is 4.49. The summed E-state index contributed by atoms with van der Waals surface area (Å²) in [5.74, 6) is 0. The highest BCUT2D eigenvalue weighted by atomic mass is 35.5. The largest absolute Gasteiger partial charge is 0.390 e. The molecule has 0 unspecified atom stereocenters. The molecule has 0 saturated carbocycles. The summed E-state index contributed by atoms with van der Waals surface area (Å²) < 4.78 is 0. The van der Waals surface area contributed by atoms with Gasteiger partial charge in [0.15, 0.2) is 0 Å². The van der Waals surface area contributed by atoms with Gasteiger partial charge in [-0.05, 0) is 25.1 Å². The Kier molecular flexibility index (Phi) is 5.00. The van der Waals surface area contributed by atoms with Crippen LogP contribution in [-0.2, 0) is 4.79 Å². The molecule has 6 heteroatoms. The minimum absolute atomic E-state index is 0.400. The van der Waals surface area contributed by atoms with Crippen LogP contribution in [-0.4, -0.2) is 28.5 Å². The van der Waals surface area contributed by atoms with Gasteiger partial charge in [0.05, 0.1) is 11.0 Å². The fraction of sp³-hybridized carbons (Fsp3) is 0.200. The van der Waals surface area contributed by atoms with Gasteiger partial charge in [0.1, 0.15) is 11.4 Å². The predicted molar refractivity (Wildman–Crippen MR) is 84.6 cm³/mol. The quantitative estimate of drug-likeness (QED) is 0.372. The third-order valence-electron chi connectivity index (χ3n) is 2.87. The van der Waals surface area contributed by atoms with Gasteiger partial charge in [-0.15, -0.1) is 0 Å². The molecular formula is C15H15ClN4O. The van der Waals surface area contributed by atoms with Crippen LogP contribution in [0.3, 0.4) is 0 Å². The molecule has 2 rings (SSSR count). The Morgan fingerprint density at radius 3 is 2.95 bits per heavy atom. The van der Waals surface area contributed by atoms with Gasteiger partial charge in [0, 0.05) is 42.2 Å². The lowest BCUT2D eigenvalue weighted by Gasteiger charge is -2.08. The number of pyridine rings is 2. The van der Waals surface area contributed by atoms with E-state index in [9.17, 15) is 4.79 Å². The average Bonchev–Trinajstić information content (AvgIpc) is 2.46. The maximum atomic E-state index is 10.3. The Hall–Kier alpha value is -2.27. The number of aromatic nitrogens is 2. The number of rotatable bonds is 6. The van der Waals surface area contributed by atoms with E-state index in [1.54, 1.807) is 31.5 Å². The van der Waals surface area contributed by atoms with E-state index in [2.05, 4.69) is 15.3 Å². The first-order chi connectivity index (χ1) is 10.1. The van der Waals surface area contributed by atoms with Crippen LogP contribution < -0.4 is 5.32 Å². The highest BCUT2D eigenvalue weighted by molar-refractivity contribution is 6.29. The molecule has 2 aromatic heterocycles. The Morgan fingerprint density at radius 1 is 1.43 bits per heavy atom. The molecule has 5 nitrogen and oxygen atoms in total. The van der Waals surface area contributed by atoms with E-state index in [4.69, 9.17) is 17.0 Å². The number of halogens is 1. The van der Waals surface area contributed by atoms with Crippen molar-refractivity contribution in [2.75, 3.05) is 6.54 Å². The van der Waals surface area contributed by atoms with Crippen molar-refractivity contribution >= 4 is 40.2 Å². The monoisotopic (exact) mass is 302 g/mol. The van der Waals surface area contributed by atoms with Crippen molar-refractivity contribution < 1.29 is 4.79 Å². The smallest absolute Gasteiger partial charge is 0.129 e. The molecule has 0 bridgehead atoms. The molecule has 0 aliphatic carbocycles. The number of hydrogen-bond donors (Lipinski definition) is 2. The van der Waals surface area contributed by atoms with Crippen molar-refractivity contribution in [2.24, 2.45) is 0 Å². The Labute approximate surface area is 127 Å². The van der Waals surface area contributed by atoms with E-state index in [0.29, 0.717) is 34.9 Å². The summed E-state index contributed by atoms with van der Waals surface area (Å²) in [5, 5.41) is 11.3. The van der Waals surface area contributed by atoms with Crippen LogP contribution in [0.25, 0.3) is 16.6 Å². The first-order valence-electron chi connectivity index (χ1n) is 6.47. The molecule has 0 saturated heterocycles. The van der Waals surface area contributed by atoms with Crippen LogP contribution in [0.1, 0.15) is 18.9 Å². The van der Waals surface area contributed by atoms with Gasteiger partial charge >= 0.3 is 0 Å². The Balaban J connectivity index is 2.35. The van der Waals surface area contributed by atoms with Gasteiger partial charge in [-0.1, -0.05) is 11.6 Å². The fourth-order valence-corrected chi connectivity index (χ4v) is 2.01. The van der Waals surface area contributed by atoms with Crippen LogP contribution in [0.15, 0.2) is 30.6 Å². The molecule has 0 atom stereocenters. The van der Waals surface area contributed by atoms with Crippen LogP contribution >= 0.6 is 11.6 Å². The standard InChI is InChI=1S/C15H15ClN4O/c1-10(17)12(9-18-5-2-6-21)11-7-14-13(19-8-11)3-4-15(16)20-14/h3-4,6-9,17-18H,2,5H2,1H3/b12-9+,17-10?. The molecule has 2 N–H and O–H groups in total. The first kappa shape index (κ1) is 15.1. The molecule has 0 spiro atoms. The van der Waals surface area contributed by atoms with E-state index < -0.39 is 0 Å². The van der Waals surface area contributed by atoms with E-state index >= 15 is 0 Å². The second-order valence-corrected chi connectivity index (χ2v) is 4.88. The summed E-state index contributed by atoms with van der Waals surface area (Å²) in [6, 6.07) is 5.34. The van der Waals surface area contributed by atoms with Crippen molar-refractivity contribution in [3.05, 3.63) is 41.3 Å². The van der Waals surface area contributed by atoms with Crippen molar-refractivity contribution in [2.45, 2.75) is 13.3 Å². The van der Waals surface area contributed by atoms with E-state index in [1.807, 2.05) is 6.07 Å². The number of nitrogens with zero attached hydrogens (tertiary/aromatic N) is 2. The van der Waals surface area contributed by atoms with Gasteiger partial charge in [-0.2, -0.15) is 0 Å². The van der Waals surface area contributed by atoms with Crippen molar-refractivity contribution in [3.8, 4) is 0 Å². The van der Waals surface area contributed by atoms with E-state index in [-0.39, 0.29) is 0 Å². The lowest BCUT2D eigenvalue weighted by atomic mass is 10.0. The zero-order valence-electron chi connectivity index (χ0n) is 11.6. The summed E-state index contributed by atoms with van der Waals surface area (Å²) in [6.07, 6.45) is 4.69. The summed E-state index contributed by atoms with van der Waals surface area (Å²) in [4.78, 5) is 18.9. The SMILES string of the molecule is CC(=N)/C(=C\NCCC=O)c1cnc2ccc(Cl)nc2c1. The number of carbonyl (C=O) groups excluding carboxylic acids is 1. The molecule has 0 fully saturated rings. The summed E-state index contributed by atoms with van der Waals surface area (Å²) in [5.41, 5.74) is 3.32. The van der Waals surface area contributed by atoms with Gasteiger partial charge in [0.2, 0.25) is 0 Å². The third kappa shape index (κ3) is 3.86. The molecule has 0 aliphatic heterocycles. The fourth-order valence-electron chi connectivity index (χ4n) is 1.85. The molecule has 0 radical (unpaired) electrons. The van der Waals surface area contributed by atoms with Gasteiger partial charge < -0.3 is 15.5 Å². The number of allylic oxidation sites excluding steroid dienone is 1. The summed E-state index contributed by atoms with van der Waals surface area (Å²) in [7, 11) is 0. The Morgan fingerprint density at radius 2 is 2.24 bits per heavy atom. The molecule has 2 aromatic rings. The van der Waals surface area contributed by atoms with Crippen LogP contribution in [0.2, 0.25) is 5.15 Å². The zero-order chi connectivity index (χ0) is 15.2. The highest BCUT2D eigenvalue weighted by Crippen LogP contribution is 2.20. The first-order valence-corrected chi connectivity index (χ1v) is 6.85. The van der Waals surface area contributed by atoms with E-state index in [1.165, 1.54) is 0 Å². The summed E-state index contributed by atoms with van der Waals surface area (Å²) >= 11 is 5.89. The molecule has 0 aromatic carbocycles. The maximum absolute atomic E-state index is 10.3. The lowest BCUT2D eigenvalue weighted by molar-refractivity contribution is -0.107. The van der Waals surface area contributed by atoms with Crippen LogP contribution in [0.5, 0.6) is 0 Å². The minimum atomic E-state index is 0.400. The number of hydrogen-bond acceptors (Lipinski definition) is 5. The topological polar surface area (TPSA) is 78.7 Å². The lowest BCUT2D eigenvalue weighted by Crippen LogP contribution is -2.10. The second kappa shape index (κ2) is 6.95. The Bertz CT molecular complexity index is 712. The third-order valence-corrected chi connectivity index (χ3v) is 3.08. The molecule has 0 aliphatic rings. The summed E-state index contributed by atoms with van der Waals surface area (Å²) in [6.45, 7) is 2.23. The van der Waals surface area contributed by atoms with E-state index in [0.717, 1.165) is 17.4 Å². The predicted octanol–water partition coefficient (Wildman–Crippen LogP) is 2.84. The number of aldehydes is 1. The maximum Gasteiger partial charge on any atom is 0.129 e. The van der Waals surface area contributed by atoms with Crippen LogP contribution in [0, 0.1) is 5.41 Å². The minimum Gasteiger partial charge on any atom is -0.390 e. The van der Waals surface area contributed by atoms with Crippen molar-refractivity contribution in [1.29, 1.82) is 5.41 Å². The average molecular weight is 303 g/mol. The van der Waals surface area contributed by atoms with Crippen molar-refractivity contribution in [3.63, 3.8) is 0 Å². The molecule has 0 amide bonds. The number of fused-ring (bicyclic) bond motifs is 1. The van der Waals surface area contributed by atoms with Gasteiger partial charge in [0.25, 0.3) is 0 Å². The number of nitrogens with one attached hydrogen (secondary N) is 2. The van der Waals surface area contributed by atoms with Gasteiger partial charge in [-0.3, -0.25) is 4.98 Å². The zero-order valence-corrected chi connectivity index (χ0v) is 12.3. The van der Waals surface area contributed by atoms with Crippen molar-refractivity contribution in [1.82, 2.24) is 15.3 Å². The molecule has 2 heterocycles.